The SMILES string of the molecule is CCOc1ccc(NCc2cc(=O)oc3c(C)c(O)ccc23)cc1OCC. The van der Waals surface area contributed by atoms with Gasteiger partial charge in [0, 0.05) is 35.3 Å². The molecule has 0 aliphatic carbocycles. The van der Waals surface area contributed by atoms with Crippen molar-refractivity contribution in [2.75, 3.05) is 18.5 Å². The maximum Gasteiger partial charge on any atom is 0.336 e. The van der Waals surface area contributed by atoms with Gasteiger partial charge in [0.15, 0.2) is 11.5 Å². The van der Waals surface area contributed by atoms with Crippen LogP contribution in [0.5, 0.6) is 17.2 Å². The van der Waals surface area contributed by atoms with Gasteiger partial charge >= 0.3 is 5.63 Å². The molecule has 0 spiro atoms. The molecule has 0 unspecified atom stereocenters. The minimum absolute atomic E-state index is 0.101. The Morgan fingerprint density at radius 1 is 1.04 bits per heavy atom. The van der Waals surface area contributed by atoms with Gasteiger partial charge in [0.25, 0.3) is 0 Å². The van der Waals surface area contributed by atoms with E-state index in [1.54, 1.807) is 19.1 Å². The molecule has 0 saturated carbocycles. The lowest BCUT2D eigenvalue weighted by molar-refractivity contribution is 0.288. The fourth-order valence-corrected chi connectivity index (χ4v) is 2.92. The molecule has 2 N–H and O–H groups in total. The number of rotatable bonds is 7. The normalized spacial score (nSPS) is 10.8. The zero-order chi connectivity index (χ0) is 19.4. The number of hydrogen-bond donors (Lipinski definition) is 2. The topological polar surface area (TPSA) is 80.9 Å². The summed E-state index contributed by atoms with van der Waals surface area (Å²) in [7, 11) is 0. The summed E-state index contributed by atoms with van der Waals surface area (Å²) in [5, 5.41) is 13.9. The Kier molecular flexibility index (Phi) is 5.54. The molecule has 0 bridgehead atoms. The van der Waals surface area contributed by atoms with Crippen molar-refractivity contribution in [3.63, 3.8) is 0 Å². The molecular formula is C21H23NO5. The van der Waals surface area contributed by atoms with E-state index in [2.05, 4.69) is 5.32 Å². The molecule has 0 radical (unpaired) electrons. The molecule has 142 valence electrons. The lowest BCUT2D eigenvalue weighted by atomic mass is 10.1. The average Bonchev–Trinajstić information content (AvgIpc) is 2.65. The molecule has 0 amide bonds. The molecular weight excluding hydrogens is 346 g/mol. The molecule has 0 aliphatic heterocycles. The van der Waals surface area contributed by atoms with Crippen molar-refractivity contribution in [1.82, 2.24) is 0 Å². The highest BCUT2D eigenvalue weighted by Crippen LogP contribution is 2.31. The second kappa shape index (κ2) is 8.03. The summed E-state index contributed by atoms with van der Waals surface area (Å²) in [6.45, 7) is 7.09. The molecule has 2 aromatic carbocycles. The molecule has 6 nitrogen and oxygen atoms in total. The second-order valence-corrected chi connectivity index (χ2v) is 6.06. The summed E-state index contributed by atoms with van der Waals surface area (Å²) < 4.78 is 16.5. The third-order valence-corrected chi connectivity index (χ3v) is 4.24. The van der Waals surface area contributed by atoms with E-state index in [0.29, 0.717) is 42.4 Å². The predicted octanol–water partition coefficient (Wildman–Crippen LogP) is 4.22. The van der Waals surface area contributed by atoms with Crippen molar-refractivity contribution in [2.24, 2.45) is 0 Å². The molecule has 0 aliphatic rings. The average molecular weight is 369 g/mol. The minimum Gasteiger partial charge on any atom is -0.508 e. The number of ether oxygens (including phenoxy) is 2. The Bertz CT molecular complexity index is 1010. The lowest BCUT2D eigenvalue weighted by Gasteiger charge is -2.14. The van der Waals surface area contributed by atoms with E-state index in [1.807, 2.05) is 32.0 Å². The highest BCUT2D eigenvalue weighted by molar-refractivity contribution is 5.85. The summed E-state index contributed by atoms with van der Waals surface area (Å²) in [4.78, 5) is 11.9. The largest absolute Gasteiger partial charge is 0.508 e. The molecule has 0 saturated heterocycles. The van der Waals surface area contributed by atoms with Crippen LogP contribution in [-0.2, 0) is 6.54 Å². The number of hydrogen-bond acceptors (Lipinski definition) is 6. The first-order valence-electron chi connectivity index (χ1n) is 8.92. The molecule has 1 heterocycles. The number of fused-ring (bicyclic) bond motifs is 1. The van der Waals surface area contributed by atoms with Gasteiger partial charge in [-0.1, -0.05) is 0 Å². The standard InChI is InChI=1S/C21H23NO5/c1-4-25-18-9-6-15(11-19(18)26-5-2)22-12-14-10-20(24)27-21-13(3)17(23)8-7-16(14)21/h6-11,22-23H,4-5,12H2,1-3H3. The van der Waals surface area contributed by atoms with Gasteiger partial charge in [0.1, 0.15) is 11.3 Å². The van der Waals surface area contributed by atoms with E-state index in [9.17, 15) is 9.90 Å². The van der Waals surface area contributed by atoms with Crippen molar-refractivity contribution in [3.8, 4) is 17.2 Å². The summed E-state index contributed by atoms with van der Waals surface area (Å²) in [5.74, 6) is 1.47. The van der Waals surface area contributed by atoms with Gasteiger partial charge in [0.2, 0.25) is 0 Å². The van der Waals surface area contributed by atoms with Crippen LogP contribution in [0.2, 0.25) is 0 Å². The molecule has 6 heteroatoms. The van der Waals surface area contributed by atoms with Crippen molar-refractivity contribution in [1.29, 1.82) is 0 Å². The van der Waals surface area contributed by atoms with Crippen LogP contribution in [0.4, 0.5) is 5.69 Å². The number of phenolic OH excluding ortho intramolecular Hbond substituents is 1. The second-order valence-electron chi connectivity index (χ2n) is 6.06. The first-order chi connectivity index (χ1) is 13.0. The Balaban J connectivity index is 1.90. The summed E-state index contributed by atoms with van der Waals surface area (Å²) in [6, 6.07) is 10.4. The van der Waals surface area contributed by atoms with Crippen LogP contribution >= 0.6 is 0 Å². The number of nitrogens with one attached hydrogen (secondary N) is 1. The number of aryl methyl sites for hydroxylation is 1. The quantitative estimate of drug-likeness (QED) is 0.607. The molecule has 3 rings (SSSR count). The smallest absolute Gasteiger partial charge is 0.336 e. The van der Waals surface area contributed by atoms with E-state index in [4.69, 9.17) is 13.9 Å². The zero-order valence-electron chi connectivity index (χ0n) is 15.7. The molecule has 1 aromatic heterocycles. The first-order valence-corrected chi connectivity index (χ1v) is 8.92. The van der Waals surface area contributed by atoms with Gasteiger partial charge in [-0.2, -0.15) is 0 Å². The van der Waals surface area contributed by atoms with E-state index in [0.717, 1.165) is 16.6 Å². The Morgan fingerprint density at radius 2 is 1.78 bits per heavy atom. The Hall–Kier alpha value is -3.15. The van der Waals surface area contributed by atoms with Gasteiger partial charge < -0.3 is 24.3 Å². The van der Waals surface area contributed by atoms with Crippen LogP contribution in [0, 0.1) is 6.92 Å². The molecule has 0 atom stereocenters. The maximum atomic E-state index is 11.9. The summed E-state index contributed by atoms with van der Waals surface area (Å²) in [6.07, 6.45) is 0. The number of anilines is 1. The molecule has 3 aromatic rings. The van der Waals surface area contributed by atoms with Crippen molar-refractivity contribution < 1.29 is 19.0 Å². The van der Waals surface area contributed by atoms with E-state index in [1.165, 1.54) is 6.07 Å². The Labute approximate surface area is 157 Å². The fourth-order valence-electron chi connectivity index (χ4n) is 2.92. The van der Waals surface area contributed by atoms with Crippen molar-refractivity contribution >= 4 is 16.7 Å². The number of benzene rings is 2. The van der Waals surface area contributed by atoms with Gasteiger partial charge in [-0.3, -0.25) is 0 Å². The highest BCUT2D eigenvalue weighted by atomic mass is 16.5. The van der Waals surface area contributed by atoms with Gasteiger partial charge in [0.05, 0.1) is 13.2 Å². The third-order valence-electron chi connectivity index (χ3n) is 4.24. The number of aromatic hydroxyl groups is 1. The summed E-state index contributed by atoms with van der Waals surface area (Å²) in [5.41, 5.74) is 2.14. The highest BCUT2D eigenvalue weighted by Gasteiger charge is 2.11. The maximum absolute atomic E-state index is 11.9. The van der Waals surface area contributed by atoms with Gasteiger partial charge in [-0.05, 0) is 50.6 Å². The number of phenols is 1. The predicted molar refractivity (Wildman–Crippen MR) is 105 cm³/mol. The zero-order valence-corrected chi connectivity index (χ0v) is 15.7. The van der Waals surface area contributed by atoms with Gasteiger partial charge in [-0.15, -0.1) is 0 Å². The molecule has 27 heavy (non-hydrogen) atoms. The third kappa shape index (κ3) is 4.00. The van der Waals surface area contributed by atoms with E-state index >= 15 is 0 Å². The van der Waals surface area contributed by atoms with Gasteiger partial charge in [-0.25, -0.2) is 4.79 Å². The van der Waals surface area contributed by atoms with Crippen LogP contribution in [0.1, 0.15) is 25.0 Å². The van der Waals surface area contributed by atoms with Crippen molar-refractivity contribution in [3.05, 3.63) is 57.9 Å². The van der Waals surface area contributed by atoms with Crippen molar-refractivity contribution in [2.45, 2.75) is 27.3 Å². The molecule has 0 fully saturated rings. The van der Waals surface area contributed by atoms with Crippen LogP contribution in [0.3, 0.4) is 0 Å². The lowest BCUT2D eigenvalue weighted by Crippen LogP contribution is -2.07. The van der Waals surface area contributed by atoms with Crippen LogP contribution < -0.4 is 20.4 Å². The monoisotopic (exact) mass is 369 g/mol. The van der Waals surface area contributed by atoms with Crippen LogP contribution in [0.25, 0.3) is 11.0 Å². The van der Waals surface area contributed by atoms with E-state index in [-0.39, 0.29) is 5.75 Å². The first kappa shape index (κ1) is 18.6. The van der Waals surface area contributed by atoms with Crippen LogP contribution in [0.15, 0.2) is 45.6 Å². The van der Waals surface area contributed by atoms with Crippen LogP contribution in [-0.4, -0.2) is 18.3 Å². The fraction of sp³-hybridized carbons (Fsp3) is 0.286. The minimum atomic E-state index is -0.449. The summed E-state index contributed by atoms with van der Waals surface area (Å²) >= 11 is 0. The Morgan fingerprint density at radius 3 is 2.52 bits per heavy atom. The van der Waals surface area contributed by atoms with E-state index < -0.39 is 5.63 Å².